The highest BCUT2D eigenvalue weighted by molar-refractivity contribution is 6.03. The molecule has 0 saturated carbocycles. The minimum absolute atomic E-state index is 0.0431. The van der Waals surface area contributed by atoms with Gasteiger partial charge in [-0.25, -0.2) is 0 Å². The SMILES string of the molecule is CCN(Cc1ccccc1)C(=O)c1cccc2c1OCC(=O)N2C. The molecule has 2 aromatic rings. The molecule has 24 heavy (non-hydrogen) atoms. The number of para-hydroxylation sites is 1. The van der Waals surface area contributed by atoms with Gasteiger partial charge in [-0.3, -0.25) is 9.59 Å². The lowest BCUT2D eigenvalue weighted by Gasteiger charge is -2.29. The van der Waals surface area contributed by atoms with Gasteiger partial charge in [0.25, 0.3) is 11.8 Å². The summed E-state index contributed by atoms with van der Waals surface area (Å²) >= 11 is 0. The molecule has 3 rings (SSSR count). The molecular formula is C19H20N2O3. The summed E-state index contributed by atoms with van der Waals surface area (Å²) in [5, 5.41) is 0. The van der Waals surface area contributed by atoms with Gasteiger partial charge in [0, 0.05) is 20.1 Å². The van der Waals surface area contributed by atoms with Gasteiger partial charge in [-0.05, 0) is 24.6 Å². The number of amides is 2. The predicted octanol–water partition coefficient (Wildman–Crippen LogP) is 2.70. The molecule has 0 unspecified atom stereocenters. The van der Waals surface area contributed by atoms with E-state index in [1.807, 2.05) is 37.3 Å². The lowest BCUT2D eigenvalue weighted by atomic mass is 10.1. The second-order valence-electron chi connectivity index (χ2n) is 5.70. The molecule has 0 fully saturated rings. The molecule has 0 saturated heterocycles. The summed E-state index contributed by atoms with van der Waals surface area (Å²) in [5.41, 5.74) is 2.20. The summed E-state index contributed by atoms with van der Waals surface area (Å²) in [6.45, 7) is 3.03. The maximum absolute atomic E-state index is 13.0. The van der Waals surface area contributed by atoms with Crippen LogP contribution in [-0.4, -0.2) is 36.9 Å². The molecule has 0 aliphatic carbocycles. The lowest BCUT2D eigenvalue weighted by Crippen LogP contribution is -2.37. The van der Waals surface area contributed by atoms with E-state index in [-0.39, 0.29) is 18.4 Å². The molecule has 0 atom stereocenters. The Balaban J connectivity index is 1.90. The Kier molecular flexibility index (Phi) is 4.51. The number of hydrogen-bond acceptors (Lipinski definition) is 3. The van der Waals surface area contributed by atoms with E-state index in [1.54, 1.807) is 30.1 Å². The first-order valence-corrected chi connectivity index (χ1v) is 7.97. The van der Waals surface area contributed by atoms with Crippen LogP contribution < -0.4 is 9.64 Å². The highest BCUT2D eigenvalue weighted by atomic mass is 16.5. The van der Waals surface area contributed by atoms with E-state index in [1.165, 1.54) is 4.90 Å². The zero-order valence-corrected chi connectivity index (χ0v) is 13.9. The van der Waals surface area contributed by atoms with E-state index < -0.39 is 0 Å². The first-order valence-electron chi connectivity index (χ1n) is 7.97. The van der Waals surface area contributed by atoms with Gasteiger partial charge in [-0.2, -0.15) is 0 Å². The number of hydrogen-bond donors (Lipinski definition) is 0. The summed E-state index contributed by atoms with van der Waals surface area (Å²) in [4.78, 5) is 28.1. The number of likely N-dealkylation sites (N-methyl/N-ethyl adjacent to an activating group) is 1. The normalized spacial score (nSPS) is 13.2. The Morgan fingerprint density at radius 1 is 1.17 bits per heavy atom. The van der Waals surface area contributed by atoms with Crippen LogP contribution >= 0.6 is 0 Å². The molecule has 0 radical (unpaired) electrons. The molecular weight excluding hydrogens is 304 g/mol. The van der Waals surface area contributed by atoms with Crippen molar-refractivity contribution >= 4 is 17.5 Å². The van der Waals surface area contributed by atoms with Crippen LogP contribution in [0.1, 0.15) is 22.8 Å². The zero-order chi connectivity index (χ0) is 17.1. The van der Waals surface area contributed by atoms with Crippen molar-refractivity contribution in [3.05, 3.63) is 59.7 Å². The van der Waals surface area contributed by atoms with Crippen molar-refractivity contribution < 1.29 is 14.3 Å². The summed E-state index contributed by atoms with van der Waals surface area (Å²) in [6, 6.07) is 15.2. The maximum atomic E-state index is 13.0. The average Bonchev–Trinajstić information content (AvgIpc) is 2.62. The van der Waals surface area contributed by atoms with Crippen LogP contribution in [0.2, 0.25) is 0 Å². The molecule has 1 aliphatic heterocycles. The largest absolute Gasteiger partial charge is 0.481 e. The van der Waals surface area contributed by atoms with Gasteiger partial charge in [0.1, 0.15) is 0 Å². The molecule has 0 bridgehead atoms. The van der Waals surface area contributed by atoms with Crippen molar-refractivity contribution in [2.45, 2.75) is 13.5 Å². The van der Waals surface area contributed by atoms with E-state index in [4.69, 9.17) is 4.74 Å². The highest BCUT2D eigenvalue weighted by Gasteiger charge is 2.28. The van der Waals surface area contributed by atoms with Crippen molar-refractivity contribution in [2.24, 2.45) is 0 Å². The Hall–Kier alpha value is -2.82. The van der Waals surface area contributed by atoms with Crippen molar-refractivity contribution in [3.8, 4) is 5.75 Å². The van der Waals surface area contributed by atoms with Gasteiger partial charge in [-0.15, -0.1) is 0 Å². The fourth-order valence-corrected chi connectivity index (χ4v) is 2.78. The smallest absolute Gasteiger partial charge is 0.264 e. The molecule has 2 amide bonds. The first-order chi connectivity index (χ1) is 11.6. The summed E-state index contributed by atoms with van der Waals surface area (Å²) in [5.74, 6) is 0.265. The van der Waals surface area contributed by atoms with Gasteiger partial charge in [0.2, 0.25) is 0 Å². The number of fused-ring (bicyclic) bond motifs is 1. The molecule has 2 aromatic carbocycles. The van der Waals surface area contributed by atoms with Crippen molar-refractivity contribution in [1.29, 1.82) is 0 Å². The molecule has 1 aliphatic rings. The quantitative estimate of drug-likeness (QED) is 0.869. The Morgan fingerprint density at radius 3 is 2.62 bits per heavy atom. The molecule has 5 nitrogen and oxygen atoms in total. The van der Waals surface area contributed by atoms with E-state index in [9.17, 15) is 9.59 Å². The molecule has 0 spiro atoms. The molecule has 1 heterocycles. The van der Waals surface area contributed by atoms with E-state index in [0.29, 0.717) is 30.1 Å². The van der Waals surface area contributed by atoms with Gasteiger partial charge in [0.15, 0.2) is 12.4 Å². The first kappa shape index (κ1) is 16.1. The van der Waals surface area contributed by atoms with Gasteiger partial charge in [0.05, 0.1) is 11.3 Å². The van der Waals surface area contributed by atoms with E-state index >= 15 is 0 Å². The number of carbonyl (C=O) groups is 2. The Morgan fingerprint density at radius 2 is 1.92 bits per heavy atom. The third-order valence-corrected chi connectivity index (χ3v) is 4.19. The zero-order valence-electron chi connectivity index (χ0n) is 13.9. The minimum Gasteiger partial charge on any atom is -0.481 e. The number of nitrogens with zero attached hydrogens (tertiary/aromatic N) is 2. The molecule has 124 valence electrons. The molecule has 0 aromatic heterocycles. The van der Waals surface area contributed by atoms with Gasteiger partial charge >= 0.3 is 0 Å². The lowest BCUT2D eigenvalue weighted by molar-refractivity contribution is -0.121. The Labute approximate surface area is 141 Å². The summed E-state index contributed by atoms with van der Waals surface area (Å²) in [6.07, 6.45) is 0. The van der Waals surface area contributed by atoms with Crippen molar-refractivity contribution in [2.75, 3.05) is 25.1 Å². The van der Waals surface area contributed by atoms with Crippen LogP contribution in [0.4, 0.5) is 5.69 Å². The summed E-state index contributed by atoms with van der Waals surface area (Å²) < 4.78 is 5.56. The molecule has 0 N–H and O–H groups in total. The number of rotatable bonds is 4. The number of ether oxygens (including phenoxy) is 1. The van der Waals surface area contributed by atoms with Crippen LogP contribution in [0.3, 0.4) is 0 Å². The average molecular weight is 324 g/mol. The minimum atomic E-state index is -0.122. The van der Waals surface area contributed by atoms with Crippen LogP contribution in [-0.2, 0) is 11.3 Å². The van der Waals surface area contributed by atoms with Gasteiger partial charge < -0.3 is 14.5 Å². The van der Waals surface area contributed by atoms with Gasteiger partial charge in [-0.1, -0.05) is 36.4 Å². The summed E-state index contributed by atoms with van der Waals surface area (Å²) in [7, 11) is 1.69. The van der Waals surface area contributed by atoms with Crippen molar-refractivity contribution in [1.82, 2.24) is 4.90 Å². The number of carbonyl (C=O) groups excluding carboxylic acids is 2. The van der Waals surface area contributed by atoms with Crippen LogP contribution in [0, 0.1) is 0 Å². The second-order valence-corrected chi connectivity index (χ2v) is 5.70. The number of benzene rings is 2. The number of anilines is 1. The maximum Gasteiger partial charge on any atom is 0.264 e. The van der Waals surface area contributed by atoms with Crippen LogP contribution in [0.25, 0.3) is 0 Å². The third-order valence-electron chi connectivity index (χ3n) is 4.19. The Bertz CT molecular complexity index is 758. The van der Waals surface area contributed by atoms with E-state index in [0.717, 1.165) is 5.56 Å². The van der Waals surface area contributed by atoms with Crippen LogP contribution in [0.5, 0.6) is 5.75 Å². The fourth-order valence-electron chi connectivity index (χ4n) is 2.78. The topological polar surface area (TPSA) is 49.9 Å². The van der Waals surface area contributed by atoms with E-state index in [2.05, 4.69) is 0 Å². The standard InChI is InChI=1S/C19H20N2O3/c1-3-21(12-14-8-5-4-6-9-14)19(23)15-10-7-11-16-18(15)24-13-17(22)20(16)2/h4-11H,3,12-13H2,1-2H3. The predicted molar refractivity (Wildman–Crippen MR) is 92.2 cm³/mol. The fraction of sp³-hybridized carbons (Fsp3) is 0.263. The highest BCUT2D eigenvalue weighted by Crippen LogP contribution is 2.35. The van der Waals surface area contributed by atoms with Crippen LogP contribution in [0.15, 0.2) is 48.5 Å². The third kappa shape index (κ3) is 2.97. The molecule has 5 heteroatoms. The second kappa shape index (κ2) is 6.74. The monoisotopic (exact) mass is 324 g/mol. The van der Waals surface area contributed by atoms with Crippen molar-refractivity contribution in [3.63, 3.8) is 0 Å².